The third-order valence-corrected chi connectivity index (χ3v) is 4.18. The van der Waals surface area contributed by atoms with E-state index >= 15 is 0 Å². The quantitative estimate of drug-likeness (QED) is 0.326. The molecular formula is C20H25IN6. The van der Waals surface area contributed by atoms with Gasteiger partial charge in [0.25, 0.3) is 0 Å². The van der Waals surface area contributed by atoms with Crippen LogP contribution in [0.15, 0.2) is 72.1 Å². The van der Waals surface area contributed by atoms with Crippen LogP contribution in [0.2, 0.25) is 0 Å². The Bertz CT molecular complexity index is 833. The number of nitrogens with one attached hydrogen (secondary N) is 2. The Kier molecular flexibility index (Phi) is 8.25. The fourth-order valence-corrected chi connectivity index (χ4v) is 2.66. The number of hydrogen-bond acceptors (Lipinski definition) is 3. The van der Waals surface area contributed by atoms with Gasteiger partial charge >= 0.3 is 0 Å². The van der Waals surface area contributed by atoms with E-state index in [1.54, 1.807) is 24.1 Å². The molecule has 2 N–H and O–H groups in total. The van der Waals surface area contributed by atoms with E-state index in [0.29, 0.717) is 12.5 Å². The van der Waals surface area contributed by atoms with Gasteiger partial charge in [-0.1, -0.05) is 37.3 Å². The van der Waals surface area contributed by atoms with Crippen molar-refractivity contribution in [1.82, 2.24) is 25.4 Å². The number of aromatic nitrogens is 3. The van der Waals surface area contributed by atoms with E-state index in [-0.39, 0.29) is 24.0 Å². The van der Waals surface area contributed by atoms with Crippen molar-refractivity contribution in [2.24, 2.45) is 4.99 Å². The van der Waals surface area contributed by atoms with Crippen LogP contribution in [0.4, 0.5) is 0 Å². The lowest BCUT2D eigenvalue weighted by Gasteiger charge is -2.16. The number of aliphatic imine (C=N–C) groups is 1. The minimum absolute atomic E-state index is 0. The molecule has 0 aliphatic heterocycles. The molecular weight excluding hydrogens is 451 g/mol. The maximum Gasteiger partial charge on any atom is 0.191 e. The van der Waals surface area contributed by atoms with Gasteiger partial charge in [-0.15, -0.1) is 24.0 Å². The lowest BCUT2D eigenvalue weighted by atomic mass is 10.0. The summed E-state index contributed by atoms with van der Waals surface area (Å²) in [5, 5.41) is 10.9. The van der Waals surface area contributed by atoms with Crippen LogP contribution >= 0.6 is 24.0 Å². The molecule has 0 aliphatic carbocycles. The average molecular weight is 476 g/mol. The highest BCUT2D eigenvalue weighted by Crippen LogP contribution is 2.13. The maximum absolute atomic E-state index is 4.35. The van der Waals surface area contributed by atoms with Crippen LogP contribution in [0.25, 0.3) is 5.82 Å². The third kappa shape index (κ3) is 6.06. The molecule has 1 aromatic carbocycles. The highest BCUT2D eigenvalue weighted by molar-refractivity contribution is 14.0. The second-order valence-electron chi connectivity index (χ2n) is 6.09. The second kappa shape index (κ2) is 10.7. The molecule has 3 rings (SSSR count). The van der Waals surface area contributed by atoms with Crippen molar-refractivity contribution in [3.63, 3.8) is 0 Å². The molecule has 27 heavy (non-hydrogen) atoms. The van der Waals surface area contributed by atoms with Gasteiger partial charge in [0.2, 0.25) is 0 Å². The van der Waals surface area contributed by atoms with Gasteiger partial charge < -0.3 is 10.6 Å². The summed E-state index contributed by atoms with van der Waals surface area (Å²) >= 11 is 0. The molecule has 0 saturated carbocycles. The van der Waals surface area contributed by atoms with Crippen molar-refractivity contribution in [3.05, 3.63) is 78.2 Å². The highest BCUT2D eigenvalue weighted by atomic mass is 127. The molecule has 0 fully saturated rings. The van der Waals surface area contributed by atoms with Crippen molar-refractivity contribution in [2.45, 2.75) is 19.4 Å². The molecule has 0 saturated heterocycles. The summed E-state index contributed by atoms with van der Waals surface area (Å²) in [5.74, 6) is 1.99. The van der Waals surface area contributed by atoms with E-state index in [2.05, 4.69) is 56.9 Å². The van der Waals surface area contributed by atoms with Crippen molar-refractivity contribution < 1.29 is 0 Å². The van der Waals surface area contributed by atoms with Crippen LogP contribution in [0.3, 0.4) is 0 Å². The molecule has 3 aromatic rings. The smallest absolute Gasteiger partial charge is 0.191 e. The zero-order chi connectivity index (χ0) is 18.2. The zero-order valence-electron chi connectivity index (χ0n) is 15.5. The predicted octanol–water partition coefficient (Wildman–Crippen LogP) is 3.35. The van der Waals surface area contributed by atoms with E-state index in [1.165, 1.54) is 5.56 Å². The van der Waals surface area contributed by atoms with Crippen LogP contribution in [-0.4, -0.2) is 34.3 Å². The molecule has 0 amide bonds. The predicted molar refractivity (Wildman–Crippen MR) is 120 cm³/mol. The summed E-state index contributed by atoms with van der Waals surface area (Å²) in [6.45, 7) is 3.68. The molecule has 0 radical (unpaired) electrons. The number of guanidine groups is 1. The highest BCUT2D eigenvalue weighted by Gasteiger charge is 2.06. The molecule has 1 atom stereocenters. The topological polar surface area (TPSA) is 67.1 Å². The molecule has 2 heterocycles. The summed E-state index contributed by atoms with van der Waals surface area (Å²) in [7, 11) is 1.78. The summed E-state index contributed by atoms with van der Waals surface area (Å²) in [6.07, 6.45) is 5.42. The maximum atomic E-state index is 4.35. The van der Waals surface area contributed by atoms with Crippen molar-refractivity contribution in [1.29, 1.82) is 0 Å². The van der Waals surface area contributed by atoms with E-state index in [9.17, 15) is 0 Å². The van der Waals surface area contributed by atoms with Crippen molar-refractivity contribution >= 4 is 29.9 Å². The van der Waals surface area contributed by atoms with Crippen LogP contribution < -0.4 is 10.6 Å². The molecule has 0 spiro atoms. The van der Waals surface area contributed by atoms with E-state index < -0.39 is 0 Å². The zero-order valence-corrected chi connectivity index (χ0v) is 17.9. The summed E-state index contributed by atoms with van der Waals surface area (Å²) in [5.41, 5.74) is 2.43. The first kappa shape index (κ1) is 20.9. The number of halogens is 1. The van der Waals surface area contributed by atoms with Crippen LogP contribution in [-0.2, 0) is 6.54 Å². The second-order valence-corrected chi connectivity index (χ2v) is 6.09. The summed E-state index contributed by atoms with van der Waals surface area (Å²) in [4.78, 5) is 8.65. The largest absolute Gasteiger partial charge is 0.356 e. The molecule has 0 aliphatic rings. The SMILES string of the molecule is CN=C(NCc1ccnc(-n2cccn2)c1)NCC(C)c1ccccc1.I. The van der Waals surface area contributed by atoms with Gasteiger partial charge in [-0.05, 0) is 35.2 Å². The minimum atomic E-state index is 0. The molecule has 2 aromatic heterocycles. The fourth-order valence-electron chi connectivity index (χ4n) is 2.66. The molecule has 142 valence electrons. The Balaban J connectivity index is 0.00000261. The first-order valence-electron chi connectivity index (χ1n) is 8.70. The lowest BCUT2D eigenvalue weighted by molar-refractivity contribution is 0.698. The van der Waals surface area contributed by atoms with Gasteiger partial charge in [0, 0.05) is 38.7 Å². The third-order valence-electron chi connectivity index (χ3n) is 4.18. The standard InChI is InChI=1S/C20H24N6.HI/c1-16(18-7-4-3-5-8-18)14-23-20(21-2)24-15-17-9-11-22-19(13-17)26-12-6-10-25-26;/h3-13,16H,14-15H2,1-2H3,(H2,21,23,24);1H. The Hall–Kier alpha value is -2.42. The fraction of sp³-hybridized carbons (Fsp3) is 0.250. The van der Waals surface area contributed by atoms with Gasteiger partial charge in [0.15, 0.2) is 11.8 Å². The van der Waals surface area contributed by atoms with Crippen molar-refractivity contribution in [2.75, 3.05) is 13.6 Å². The monoisotopic (exact) mass is 476 g/mol. The minimum Gasteiger partial charge on any atom is -0.356 e. The molecule has 1 unspecified atom stereocenters. The van der Waals surface area contributed by atoms with Crippen LogP contribution in [0.1, 0.15) is 24.0 Å². The van der Waals surface area contributed by atoms with Gasteiger partial charge in [0.1, 0.15) is 0 Å². The number of pyridine rings is 1. The van der Waals surface area contributed by atoms with E-state index in [1.807, 2.05) is 30.5 Å². The molecule has 0 bridgehead atoms. The van der Waals surface area contributed by atoms with Gasteiger partial charge in [0.05, 0.1) is 0 Å². The Morgan fingerprint density at radius 1 is 1.11 bits per heavy atom. The normalized spacial score (nSPS) is 12.1. The number of nitrogens with zero attached hydrogens (tertiary/aromatic N) is 4. The van der Waals surface area contributed by atoms with Crippen molar-refractivity contribution in [3.8, 4) is 5.82 Å². The Morgan fingerprint density at radius 2 is 1.93 bits per heavy atom. The average Bonchev–Trinajstić information content (AvgIpc) is 3.24. The Labute approximate surface area is 177 Å². The van der Waals surface area contributed by atoms with Crippen LogP contribution in [0.5, 0.6) is 0 Å². The molecule has 6 nitrogen and oxygen atoms in total. The summed E-state index contributed by atoms with van der Waals surface area (Å²) in [6, 6.07) is 16.4. The molecule has 7 heteroatoms. The first-order chi connectivity index (χ1) is 12.8. The number of rotatable bonds is 6. The van der Waals surface area contributed by atoms with E-state index in [4.69, 9.17) is 0 Å². The first-order valence-corrected chi connectivity index (χ1v) is 8.70. The van der Waals surface area contributed by atoms with Crippen LogP contribution in [0, 0.1) is 0 Å². The summed E-state index contributed by atoms with van der Waals surface area (Å²) < 4.78 is 1.75. The van der Waals surface area contributed by atoms with Gasteiger partial charge in [-0.3, -0.25) is 4.99 Å². The lowest BCUT2D eigenvalue weighted by Crippen LogP contribution is -2.38. The number of benzene rings is 1. The van der Waals surface area contributed by atoms with Gasteiger partial charge in [-0.25, -0.2) is 9.67 Å². The number of hydrogen-bond donors (Lipinski definition) is 2. The Morgan fingerprint density at radius 3 is 2.63 bits per heavy atom. The van der Waals surface area contributed by atoms with Gasteiger partial charge in [-0.2, -0.15) is 5.10 Å². The van der Waals surface area contributed by atoms with E-state index in [0.717, 1.165) is 23.9 Å².